The second kappa shape index (κ2) is 16.3. The summed E-state index contributed by atoms with van der Waals surface area (Å²) >= 11 is 3.09. The van der Waals surface area contributed by atoms with Gasteiger partial charge in [-0.2, -0.15) is 17.6 Å². The fourth-order valence-corrected chi connectivity index (χ4v) is 6.49. The minimum atomic E-state index is -3.00. The van der Waals surface area contributed by atoms with Crippen molar-refractivity contribution in [2.24, 2.45) is 14.1 Å². The topological polar surface area (TPSA) is 118 Å². The van der Waals surface area contributed by atoms with Gasteiger partial charge < -0.3 is 14.6 Å². The van der Waals surface area contributed by atoms with E-state index >= 15 is 0 Å². The van der Waals surface area contributed by atoms with E-state index in [0.29, 0.717) is 27.7 Å². The van der Waals surface area contributed by atoms with Gasteiger partial charge in [-0.25, -0.2) is 18.7 Å². The number of ether oxygens (including phenoxy) is 2. The third-order valence-electron chi connectivity index (χ3n) is 8.98. The minimum absolute atomic E-state index is 0.0141. The molecule has 0 aliphatic rings. The molecular weight excluding hydrogens is 826 g/mol. The summed E-state index contributed by atoms with van der Waals surface area (Å²) in [6.45, 7) is -2.71. The monoisotopic (exact) mass is 858 g/mol. The molecule has 1 N–H and O–H groups in total. The SMILES string of the molecule is Cn1c(=O)c2cc(F)c(-c3cnc(C(C)(C)O)nc3)cc2n1Cc1ccccc1OC(F)F.Cn1c(=O)c2cc(F)c(Br)cc2n1Cc1ccccc1OC(F)F. The molecule has 18 heteroatoms. The Kier molecular flexibility index (Phi) is 11.7. The lowest BCUT2D eigenvalue weighted by Gasteiger charge is -2.15. The van der Waals surface area contributed by atoms with Gasteiger partial charge in [-0.3, -0.25) is 28.3 Å². The van der Waals surface area contributed by atoms with Crippen LogP contribution in [0.3, 0.4) is 0 Å². The highest BCUT2D eigenvalue weighted by atomic mass is 79.9. The van der Waals surface area contributed by atoms with Gasteiger partial charge in [0, 0.05) is 48.7 Å². The van der Waals surface area contributed by atoms with Crippen LogP contribution >= 0.6 is 15.9 Å². The Morgan fingerprint density at radius 2 is 1.16 bits per heavy atom. The standard InChI is InChI=1S/C23H21F3N4O3.C16H12BrF3N2O2/c1-23(2,32)21-27-10-14(11-28-21)15-9-18-16(8-17(15)24)20(31)29(3)30(18)12-13-6-4-5-7-19(13)33-22(25)26;1-21-15(23)10-6-12(18)11(17)7-13(10)22(21)8-9-4-2-3-5-14(9)24-16(19)20/h4-11,22,32H,12H2,1-3H3;2-7,16H,8H2,1H3. The minimum Gasteiger partial charge on any atom is -0.434 e. The Morgan fingerprint density at radius 3 is 1.61 bits per heavy atom. The van der Waals surface area contributed by atoms with Crippen LogP contribution in [0.2, 0.25) is 0 Å². The van der Waals surface area contributed by atoms with Gasteiger partial charge in [0.05, 0.1) is 39.4 Å². The molecule has 0 saturated carbocycles. The highest BCUT2D eigenvalue weighted by molar-refractivity contribution is 9.10. The van der Waals surface area contributed by atoms with Crippen molar-refractivity contribution in [2.45, 2.75) is 45.8 Å². The smallest absolute Gasteiger partial charge is 0.387 e. The van der Waals surface area contributed by atoms with Crippen molar-refractivity contribution in [1.29, 1.82) is 0 Å². The van der Waals surface area contributed by atoms with Crippen LogP contribution in [-0.2, 0) is 32.8 Å². The molecule has 0 aliphatic carbocycles. The molecule has 0 amide bonds. The predicted molar refractivity (Wildman–Crippen MR) is 203 cm³/mol. The van der Waals surface area contributed by atoms with Gasteiger partial charge in [0.15, 0.2) is 5.82 Å². The highest BCUT2D eigenvalue weighted by Gasteiger charge is 2.22. The summed E-state index contributed by atoms with van der Waals surface area (Å²) in [6.07, 6.45) is 2.78. The Hall–Kier alpha value is -5.88. The number of halogens is 7. The van der Waals surface area contributed by atoms with E-state index in [0.717, 1.165) is 12.1 Å². The first-order valence-electron chi connectivity index (χ1n) is 17.0. The largest absolute Gasteiger partial charge is 0.434 e. The summed E-state index contributed by atoms with van der Waals surface area (Å²) in [4.78, 5) is 33.2. The average molecular weight is 860 g/mol. The van der Waals surface area contributed by atoms with Gasteiger partial charge in [-0.05, 0) is 66.2 Å². The van der Waals surface area contributed by atoms with Crippen LogP contribution in [0, 0.1) is 11.6 Å². The molecule has 0 fully saturated rings. The van der Waals surface area contributed by atoms with Crippen molar-refractivity contribution < 1.29 is 40.9 Å². The van der Waals surface area contributed by atoms with Gasteiger partial charge in [-0.15, -0.1) is 0 Å². The molecule has 7 rings (SSSR count). The molecule has 0 aliphatic heterocycles. The van der Waals surface area contributed by atoms with E-state index < -0.39 is 36.0 Å². The molecule has 3 aromatic heterocycles. The fourth-order valence-electron chi connectivity index (χ4n) is 6.16. The molecule has 0 unspecified atom stereocenters. The molecule has 57 heavy (non-hydrogen) atoms. The quantitative estimate of drug-likeness (QED) is 0.140. The van der Waals surface area contributed by atoms with Gasteiger partial charge in [0.25, 0.3) is 11.1 Å². The number of rotatable bonds is 10. The normalized spacial score (nSPS) is 11.8. The fraction of sp³-hybridized carbons (Fsp3) is 0.231. The summed E-state index contributed by atoms with van der Waals surface area (Å²) in [5.74, 6) is -0.986. The Labute approximate surface area is 328 Å². The second-order valence-corrected chi connectivity index (χ2v) is 14.1. The molecular formula is C39H33BrF6N6O5. The summed E-state index contributed by atoms with van der Waals surface area (Å²) in [5.41, 5.74) is 0.238. The zero-order valence-corrected chi connectivity index (χ0v) is 32.1. The summed E-state index contributed by atoms with van der Waals surface area (Å²) in [6, 6.07) is 17.9. The lowest BCUT2D eigenvalue weighted by Crippen LogP contribution is -2.20. The molecule has 7 aromatic rings. The van der Waals surface area contributed by atoms with Gasteiger partial charge in [-0.1, -0.05) is 36.4 Å². The lowest BCUT2D eigenvalue weighted by atomic mass is 10.1. The maximum atomic E-state index is 14.9. The van der Waals surface area contributed by atoms with E-state index in [-0.39, 0.29) is 56.8 Å². The third-order valence-corrected chi connectivity index (χ3v) is 9.59. The Balaban J connectivity index is 0.000000203. The van der Waals surface area contributed by atoms with E-state index in [1.54, 1.807) is 45.8 Å². The van der Waals surface area contributed by atoms with Crippen molar-refractivity contribution in [3.63, 3.8) is 0 Å². The van der Waals surface area contributed by atoms with E-state index in [2.05, 4.69) is 35.4 Å². The first kappa shape index (κ1) is 40.8. The molecule has 0 saturated heterocycles. The number of hydrogen-bond donors (Lipinski definition) is 1. The van der Waals surface area contributed by atoms with E-state index in [1.807, 2.05) is 0 Å². The third kappa shape index (κ3) is 8.61. The number of nitrogens with zero attached hydrogens (tertiary/aromatic N) is 6. The first-order valence-corrected chi connectivity index (χ1v) is 17.8. The maximum Gasteiger partial charge on any atom is 0.387 e. The second-order valence-electron chi connectivity index (χ2n) is 13.2. The van der Waals surface area contributed by atoms with Crippen molar-refractivity contribution in [2.75, 3.05) is 0 Å². The van der Waals surface area contributed by atoms with Gasteiger partial charge in [0.2, 0.25) is 0 Å². The number of alkyl halides is 4. The van der Waals surface area contributed by atoms with Crippen molar-refractivity contribution in [3.05, 3.63) is 139 Å². The number of fused-ring (bicyclic) bond motifs is 2. The van der Waals surface area contributed by atoms with Crippen molar-refractivity contribution in [3.8, 4) is 22.6 Å². The van der Waals surface area contributed by atoms with Crippen LogP contribution in [-0.4, -0.2) is 47.0 Å². The van der Waals surface area contributed by atoms with Crippen LogP contribution in [0.1, 0.15) is 30.8 Å². The van der Waals surface area contributed by atoms with E-state index in [1.165, 1.54) is 74.0 Å². The molecule has 298 valence electrons. The summed E-state index contributed by atoms with van der Waals surface area (Å²) in [5, 5.41) is 10.4. The number of aromatic nitrogens is 6. The number of benzene rings is 4. The molecule has 4 aromatic carbocycles. The lowest BCUT2D eigenvalue weighted by molar-refractivity contribution is -0.0511. The van der Waals surface area contributed by atoms with E-state index in [9.17, 15) is 41.0 Å². The Morgan fingerprint density at radius 1 is 0.719 bits per heavy atom. The van der Waals surface area contributed by atoms with Gasteiger partial charge >= 0.3 is 13.2 Å². The first-order chi connectivity index (χ1) is 26.9. The van der Waals surface area contributed by atoms with Crippen LogP contribution in [0.5, 0.6) is 11.5 Å². The molecule has 0 radical (unpaired) electrons. The summed E-state index contributed by atoms with van der Waals surface area (Å²) in [7, 11) is 3.04. The van der Waals surface area contributed by atoms with Crippen molar-refractivity contribution in [1.82, 2.24) is 28.7 Å². The molecule has 3 heterocycles. The maximum absolute atomic E-state index is 14.9. The van der Waals surface area contributed by atoms with Crippen LogP contribution in [0.25, 0.3) is 32.9 Å². The van der Waals surface area contributed by atoms with Crippen LogP contribution in [0.4, 0.5) is 26.3 Å². The zero-order chi connectivity index (χ0) is 41.3. The zero-order valence-electron chi connectivity index (χ0n) is 30.6. The Bertz CT molecular complexity index is 2700. The van der Waals surface area contributed by atoms with Gasteiger partial charge in [0.1, 0.15) is 28.7 Å². The number of aliphatic hydroxyl groups is 1. The predicted octanol–water partition coefficient (Wildman–Crippen LogP) is 7.70. The summed E-state index contributed by atoms with van der Waals surface area (Å²) < 4.78 is 94.4. The highest BCUT2D eigenvalue weighted by Crippen LogP contribution is 2.30. The average Bonchev–Trinajstić information content (AvgIpc) is 3.51. The molecule has 11 nitrogen and oxygen atoms in total. The molecule has 0 spiro atoms. The van der Waals surface area contributed by atoms with Crippen molar-refractivity contribution >= 4 is 37.7 Å². The number of para-hydroxylation sites is 2. The number of hydrogen-bond acceptors (Lipinski definition) is 7. The molecule has 0 atom stereocenters. The van der Waals surface area contributed by atoms with E-state index in [4.69, 9.17) is 0 Å². The van der Waals surface area contributed by atoms with Crippen LogP contribution < -0.4 is 20.6 Å². The molecule has 0 bridgehead atoms. The van der Waals surface area contributed by atoms with Crippen LogP contribution in [0.15, 0.2) is 99.3 Å².